The van der Waals surface area contributed by atoms with Crippen LogP contribution >= 0.6 is 0 Å². The number of carbonyl (C=O) groups is 1. The minimum absolute atomic E-state index is 0.00647. The van der Waals surface area contributed by atoms with Gasteiger partial charge in [-0.1, -0.05) is 13.8 Å². The molecule has 0 bridgehead atoms. The molecule has 0 aliphatic carbocycles. The number of carbonyl (C=O) groups excluding carboxylic acids is 1. The van der Waals surface area contributed by atoms with E-state index in [0.29, 0.717) is 62.9 Å². The third-order valence-electron chi connectivity index (χ3n) is 5.96. The molecule has 4 rings (SSSR count). The highest BCUT2D eigenvalue weighted by Gasteiger charge is 2.39. The van der Waals surface area contributed by atoms with Crippen LogP contribution in [0.1, 0.15) is 44.9 Å². The normalized spacial score (nSPS) is 20.2. The van der Waals surface area contributed by atoms with E-state index in [4.69, 9.17) is 9.26 Å². The smallest absolute Gasteiger partial charge is 0.266 e. The average Bonchev–Trinajstić information content (AvgIpc) is 3.38. The third kappa shape index (κ3) is 4.80. The Morgan fingerprint density at radius 3 is 2.42 bits per heavy atom. The fraction of sp³-hybridized carbons (Fsp3) is 0.571. The molecule has 2 fully saturated rings. The number of amides is 1. The maximum absolute atomic E-state index is 14.3. The van der Waals surface area contributed by atoms with E-state index in [1.54, 1.807) is 4.90 Å². The van der Waals surface area contributed by atoms with Crippen LogP contribution in [0.25, 0.3) is 0 Å². The first-order valence-corrected chi connectivity index (χ1v) is 12.7. The van der Waals surface area contributed by atoms with Gasteiger partial charge in [0.25, 0.3) is 11.9 Å². The van der Waals surface area contributed by atoms with Crippen molar-refractivity contribution in [2.24, 2.45) is 0 Å². The highest BCUT2D eigenvalue weighted by molar-refractivity contribution is 7.90. The van der Waals surface area contributed by atoms with Gasteiger partial charge in [0.15, 0.2) is 27.5 Å². The second-order valence-electron chi connectivity index (χ2n) is 8.72. The number of aromatic nitrogens is 2. The predicted octanol–water partition coefficient (Wildman–Crippen LogP) is 2.52. The van der Waals surface area contributed by atoms with Gasteiger partial charge in [-0.05, 0) is 24.1 Å². The Hall–Kier alpha value is -2.76. The molecule has 0 radical (unpaired) electrons. The molecule has 0 unspecified atom stereocenters. The summed E-state index contributed by atoms with van der Waals surface area (Å²) in [6, 6.07) is 1.25. The van der Waals surface area contributed by atoms with Crippen molar-refractivity contribution in [1.29, 1.82) is 0 Å². The third-order valence-corrected chi connectivity index (χ3v) is 7.07. The Morgan fingerprint density at radius 2 is 1.82 bits per heavy atom. The Kier molecular flexibility index (Phi) is 6.30. The number of halogens is 2. The number of sulfone groups is 1. The van der Waals surface area contributed by atoms with Crippen molar-refractivity contribution in [3.8, 4) is 5.75 Å². The number of likely N-dealkylation sites (tertiary alicyclic amines) is 1. The van der Waals surface area contributed by atoms with Gasteiger partial charge in [0.2, 0.25) is 5.89 Å². The van der Waals surface area contributed by atoms with E-state index in [0.717, 1.165) is 6.26 Å². The van der Waals surface area contributed by atoms with Gasteiger partial charge in [-0.15, -0.1) is 0 Å². The standard InChI is InChI=1S/C21H26F2N4O5S/c1-12(2)19-24-21(25-32-19)26-7-4-13(5-8-26)27-9-6-16(20(27)28)31-17-10-15(23)18(11-14(17)22)33(3,29)30/h10-13,16H,4-9H2,1-3H3/t16-/m0/s1. The lowest BCUT2D eigenvalue weighted by atomic mass is 10.0. The largest absolute Gasteiger partial charge is 0.477 e. The molecule has 0 saturated carbocycles. The van der Waals surface area contributed by atoms with Crippen molar-refractivity contribution in [3.63, 3.8) is 0 Å². The van der Waals surface area contributed by atoms with Crippen molar-refractivity contribution in [2.75, 3.05) is 30.8 Å². The summed E-state index contributed by atoms with van der Waals surface area (Å²) in [6.45, 7) is 5.70. The van der Waals surface area contributed by atoms with Crippen molar-refractivity contribution >= 4 is 21.7 Å². The molecule has 12 heteroatoms. The van der Waals surface area contributed by atoms with E-state index in [1.807, 2.05) is 18.7 Å². The van der Waals surface area contributed by atoms with Crippen LogP contribution in [0.4, 0.5) is 14.7 Å². The van der Waals surface area contributed by atoms with E-state index >= 15 is 0 Å². The number of nitrogens with zero attached hydrogens (tertiary/aromatic N) is 4. The molecular weight excluding hydrogens is 458 g/mol. The predicted molar refractivity (Wildman–Crippen MR) is 114 cm³/mol. The van der Waals surface area contributed by atoms with Crippen LogP contribution in [-0.4, -0.2) is 67.4 Å². The van der Waals surface area contributed by atoms with Crippen LogP contribution < -0.4 is 9.64 Å². The number of ether oxygens (including phenoxy) is 1. The molecule has 1 aromatic heterocycles. The monoisotopic (exact) mass is 484 g/mol. The zero-order chi connectivity index (χ0) is 23.9. The molecule has 33 heavy (non-hydrogen) atoms. The number of benzene rings is 1. The zero-order valence-electron chi connectivity index (χ0n) is 18.6. The van der Waals surface area contributed by atoms with Crippen LogP contribution in [0.2, 0.25) is 0 Å². The molecule has 1 atom stereocenters. The molecule has 2 aromatic rings. The average molecular weight is 485 g/mol. The minimum atomic E-state index is -3.93. The molecule has 9 nitrogen and oxygen atoms in total. The lowest BCUT2D eigenvalue weighted by Crippen LogP contribution is -2.47. The second kappa shape index (κ2) is 8.88. The van der Waals surface area contributed by atoms with Gasteiger partial charge >= 0.3 is 0 Å². The Labute approximate surface area is 190 Å². The van der Waals surface area contributed by atoms with Crippen molar-refractivity contribution < 1.29 is 31.3 Å². The van der Waals surface area contributed by atoms with Gasteiger partial charge in [-0.25, -0.2) is 17.2 Å². The molecule has 0 spiro atoms. The van der Waals surface area contributed by atoms with Crippen molar-refractivity contribution in [3.05, 3.63) is 29.7 Å². The highest BCUT2D eigenvalue weighted by Crippen LogP contribution is 2.30. The first kappa shape index (κ1) is 23.4. The zero-order valence-corrected chi connectivity index (χ0v) is 19.4. The molecule has 180 valence electrons. The van der Waals surface area contributed by atoms with Crippen LogP contribution in [0.3, 0.4) is 0 Å². The summed E-state index contributed by atoms with van der Waals surface area (Å²) in [5.41, 5.74) is 0. The van der Waals surface area contributed by atoms with Crippen LogP contribution in [-0.2, 0) is 14.6 Å². The molecule has 2 aliphatic heterocycles. The van der Waals surface area contributed by atoms with E-state index < -0.39 is 38.2 Å². The Morgan fingerprint density at radius 1 is 1.12 bits per heavy atom. The summed E-state index contributed by atoms with van der Waals surface area (Å²) >= 11 is 0. The Balaban J connectivity index is 1.37. The summed E-state index contributed by atoms with van der Waals surface area (Å²) < 4.78 is 62.3. The maximum Gasteiger partial charge on any atom is 0.266 e. The van der Waals surface area contributed by atoms with Crippen LogP contribution in [0.5, 0.6) is 5.75 Å². The number of anilines is 1. The molecule has 2 saturated heterocycles. The van der Waals surface area contributed by atoms with Crippen LogP contribution in [0.15, 0.2) is 21.6 Å². The Bertz CT molecular complexity index is 1150. The van der Waals surface area contributed by atoms with E-state index in [2.05, 4.69) is 10.1 Å². The van der Waals surface area contributed by atoms with Gasteiger partial charge in [0.1, 0.15) is 10.7 Å². The summed E-state index contributed by atoms with van der Waals surface area (Å²) in [5, 5.41) is 4.03. The lowest BCUT2D eigenvalue weighted by Gasteiger charge is -2.36. The number of piperidine rings is 1. The van der Waals surface area contributed by atoms with Gasteiger partial charge in [-0.3, -0.25) is 4.79 Å². The van der Waals surface area contributed by atoms with E-state index in [9.17, 15) is 22.0 Å². The molecular formula is C21H26F2N4O5S. The van der Waals surface area contributed by atoms with Gasteiger partial charge in [0, 0.05) is 50.3 Å². The molecule has 0 N–H and O–H groups in total. The fourth-order valence-corrected chi connectivity index (χ4v) is 4.88. The topological polar surface area (TPSA) is 106 Å². The number of hydrogen-bond donors (Lipinski definition) is 0. The molecule has 1 amide bonds. The first-order valence-electron chi connectivity index (χ1n) is 10.8. The summed E-state index contributed by atoms with van der Waals surface area (Å²) in [6.07, 6.45) is 1.58. The number of hydrogen-bond acceptors (Lipinski definition) is 8. The first-order chi connectivity index (χ1) is 15.5. The van der Waals surface area contributed by atoms with Gasteiger partial charge in [0.05, 0.1) is 0 Å². The van der Waals surface area contributed by atoms with Gasteiger partial charge < -0.3 is 19.1 Å². The quantitative estimate of drug-likeness (QED) is 0.616. The molecule has 2 aliphatic rings. The van der Waals surface area contributed by atoms with Gasteiger partial charge in [-0.2, -0.15) is 4.98 Å². The lowest BCUT2D eigenvalue weighted by molar-refractivity contribution is -0.135. The minimum Gasteiger partial charge on any atom is -0.477 e. The molecule has 1 aromatic carbocycles. The van der Waals surface area contributed by atoms with Crippen LogP contribution in [0, 0.1) is 11.6 Å². The highest BCUT2D eigenvalue weighted by atomic mass is 32.2. The fourth-order valence-electron chi connectivity index (χ4n) is 4.15. The maximum atomic E-state index is 14.3. The summed E-state index contributed by atoms with van der Waals surface area (Å²) in [4.78, 5) is 20.3. The van der Waals surface area contributed by atoms with Crippen molar-refractivity contribution in [2.45, 2.75) is 56.1 Å². The second-order valence-corrected chi connectivity index (χ2v) is 10.7. The molecule has 3 heterocycles. The summed E-state index contributed by atoms with van der Waals surface area (Å²) in [5.74, 6) is -1.65. The van der Waals surface area contributed by atoms with E-state index in [1.165, 1.54) is 0 Å². The number of rotatable bonds is 6. The SMILES string of the molecule is CC(C)c1nc(N2CCC(N3CC[C@H](Oc4cc(F)c(S(C)(=O)=O)cc4F)C3=O)CC2)no1. The van der Waals surface area contributed by atoms with E-state index in [-0.39, 0.29) is 17.9 Å². The van der Waals surface area contributed by atoms with Crippen molar-refractivity contribution in [1.82, 2.24) is 15.0 Å². The summed E-state index contributed by atoms with van der Waals surface area (Å²) in [7, 11) is -3.93.